The summed E-state index contributed by atoms with van der Waals surface area (Å²) < 4.78 is 5.22. The van der Waals surface area contributed by atoms with E-state index < -0.39 is 0 Å². The summed E-state index contributed by atoms with van der Waals surface area (Å²) in [5.74, 6) is 0.479. The van der Waals surface area contributed by atoms with Gasteiger partial charge in [0.05, 0.1) is 19.3 Å². The summed E-state index contributed by atoms with van der Waals surface area (Å²) in [5, 5.41) is 5.86. The van der Waals surface area contributed by atoms with Crippen LogP contribution in [0.15, 0.2) is 24.3 Å². The molecular formula is C18H30N3O3+. The molecule has 0 fully saturated rings. The van der Waals surface area contributed by atoms with Gasteiger partial charge in [-0.3, -0.25) is 9.59 Å². The molecule has 1 atom stereocenters. The molecule has 3 N–H and O–H groups in total. The average Bonchev–Trinajstić information content (AvgIpc) is 2.59. The summed E-state index contributed by atoms with van der Waals surface area (Å²) in [6, 6.07) is 7.48. The van der Waals surface area contributed by atoms with Crippen molar-refractivity contribution < 1.29 is 19.2 Å². The molecule has 1 unspecified atom stereocenters. The van der Waals surface area contributed by atoms with E-state index in [1.807, 2.05) is 19.1 Å². The van der Waals surface area contributed by atoms with Crippen molar-refractivity contribution in [1.29, 1.82) is 0 Å². The summed E-state index contributed by atoms with van der Waals surface area (Å²) in [5.41, 5.74) is 0.641. The Hall–Kier alpha value is -2.08. The maximum Gasteiger partial charge on any atom is 0.279 e. The van der Waals surface area contributed by atoms with Crippen LogP contribution in [0.2, 0.25) is 0 Å². The van der Waals surface area contributed by atoms with Gasteiger partial charge in [-0.1, -0.05) is 26.0 Å². The van der Waals surface area contributed by atoms with Crippen LogP contribution in [-0.4, -0.2) is 44.6 Å². The molecule has 0 saturated carbocycles. The van der Waals surface area contributed by atoms with Crippen molar-refractivity contribution in [2.75, 3.05) is 32.1 Å². The Morgan fingerprint density at radius 1 is 1.08 bits per heavy atom. The summed E-state index contributed by atoms with van der Waals surface area (Å²) in [6.45, 7) is 7.32. The smallest absolute Gasteiger partial charge is 0.279 e. The van der Waals surface area contributed by atoms with Crippen LogP contribution < -0.4 is 20.3 Å². The maximum absolute atomic E-state index is 12.2. The van der Waals surface area contributed by atoms with Crippen molar-refractivity contribution in [3.63, 3.8) is 0 Å². The molecule has 0 bridgehead atoms. The van der Waals surface area contributed by atoms with Crippen LogP contribution in [0, 0.1) is 0 Å². The number of hydrogen-bond acceptors (Lipinski definition) is 3. The average molecular weight is 336 g/mol. The van der Waals surface area contributed by atoms with E-state index in [1.165, 1.54) is 0 Å². The van der Waals surface area contributed by atoms with Crippen LogP contribution >= 0.6 is 0 Å². The van der Waals surface area contributed by atoms with E-state index in [-0.39, 0.29) is 24.4 Å². The van der Waals surface area contributed by atoms with Gasteiger partial charge in [-0.25, -0.2) is 0 Å². The minimum Gasteiger partial charge on any atom is -0.495 e. The second kappa shape index (κ2) is 10.6. The number of nitrogens with one attached hydrogen (secondary N) is 3. The molecule has 0 aliphatic rings. The Labute approximate surface area is 144 Å². The van der Waals surface area contributed by atoms with Crippen LogP contribution in [-0.2, 0) is 9.59 Å². The molecular weight excluding hydrogens is 306 g/mol. The second-order valence-corrected chi connectivity index (χ2v) is 5.79. The molecule has 0 aliphatic carbocycles. The van der Waals surface area contributed by atoms with Crippen molar-refractivity contribution in [3.05, 3.63) is 24.3 Å². The van der Waals surface area contributed by atoms with Crippen LogP contribution in [0.25, 0.3) is 0 Å². The summed E-state index contributed by atoms with van der Waals surface area (Å²) in [7, 11) is 1.57. The lowest BCUT2D eigenvalue weighted by molar-refractivity contribution is -0.881. The number of carbonyl (C=O) groups is 2. The Morgan fingerprint density at radius 3 is 2.29 bits per heavy atom. The topological polar surface area (TPSA) is 71.9 Å². The fraction of sp³-hybridized carbons (Fsp3) is 0.556. The number of para-hydroxylation sites is 2. The molecule has 0 radical (unpaired) electrons. The Morgan fingerprint density at radius 2 is 1.71 bits per heavy atom. The molecule has 1 rings (SSSR count). The largest absolute Gasteiger partial charge is 0.495 e. The maximum atomic E-state index is 12.2. The van der Waals surface area contributed by atoms with E-state index >= 15 is 0 Å². The number of carbonyl (C=O) groups excluding carboxylic acids is 2. The first kappa shape index (κ1) is 20.0. The van der Waals surface area contributed by atoms with E-state index in [2.05, 4.69) is 24.5 Å². The van der Waals surface area contributed by atoms with Gasteiger partial charge in [-0.15, -0.1) is 0 Å². The number of amides is 2. The number of hydrogen-bond donors (Lipinski definition) is 3. The van der Waals surface area contributed by atoms with Gasteiger partial charge in [0.25, 0.3) is 11.8 Å². The molecule has 6 nitrogen and oxygen atoms in total. The van der Waals surface area contributed by atoms with E-state index in [0.717, 1.165) is 17.7 Å². The normalized spacial score (nSPS) is 11.9. The predicted octanol–water partition coefficient (Wildman–Crippen LogP) is 0.843. The molecule has 134 valence electrons. The highest BCUT2D eigenvalue weighted by Crippen LogP contribution is 2.22. The van der Waals surface area contributed by atoms with Gasteiger partial charge < -0.3 is 20.3 Å². The third kappa shape index (κ3) is 6.58. The standard InChI is InChI=1S/C18H29N3O3/c1-5-14(6-2)19-17(22)12-21(7-3)13-18(23)20-15-10-8-9-11-16(15)24-4/h8-11,14H,5-7,12-13H2,1-4H3,(H,19,22)(H,20,23)/p+1. The van der Waals surface area contributed by atoms with Gasteiger partial charge >= 0.3 is 0 Å². The molecule has 2 amide bonds. The van der Waals surface area contributed by atoms with Gasteiger partial charge in [0.1, 0.15) is 5.75 Å². The number of rotatable bonds is 10. The lowest BCUT2D eigenvalue weighted by atomic mass is 10.2. The molecule has 6 heteroatoms. The van der Waals surface area contributed by atoms with Crippen molar-refractivity contribution >= 4 is 17.5 Å². The molecule has 0 aromatic heterocycles. The quantitative estimate of drug-likeness (QED) is 0.593. The number of methoxy groups -OCH3 is 1. The van der Waals surface area contributed by atoms with Gasteiger partial charge in [0, 0.05) is 6.04 Å². The van der Waals surface area contributed by atoms with E-state index in [9.17, 15) is 9.59 Å². The van der Waals surface area contributed by atoms with E-state index in [4.69, 9.17) is 4.74 Å². The minimum atomic E-state index is -0.133. The first-order chi connectivity index (χ1) is 11.5. The molecule has 1 aromatic carbocycles. The van der Waals surface area contributed by atoms with E-state index in [1.54, 1.807) is 19.2 Å². The molecule has 0 heterocycles. The Bertz CT molecular complexity index is 530. The van der Waals surface area contributed by atoms with Gasteiger partial charge in [-0.05, 0) is 31.9 Å². The second-order valence-electron chi connectivity index (χ2n) is 5.79. The van der Waals surface area contributed by atoms with Gasteiger partial charge in [-0.2, -0.15) is 0 Å². The highest BCUT2D eigenvalue weighted by molar-refractivity contribution is 5.93. The van der Waals surface area contributed by atoms with Crippen LogP contribution in [0.4, 0.5) is 5.69 Å². The predicted molar refractivity (Wildman–Crippen MR) is 95.4 cm³/mol. The van der Waals surface area contributed by atoms with Crippen LogP contribution in [0.1, 0.15) is 33.6 Å². The Balaban J connectivity index is 2.55. The van der Waals surface area contributed by atoms with Gasteiger partial charge in [0.15, 0.2) is 13.1 Å². The summed E-state index contributed by atoms with van der Waals surface area (Å²) >= 11 is 0. The fourth-order valence-corrected chi connectivity index (χ4v) is 2.48. The highest BCUT2D eigenvalue weighted by atomic mass is 16.5. The fourth-order valence-electron chi connectivity index (χ4n) is 2.48. The SMILES string of the molecule is CCC(CC)NC(=O)C[NH+](CC)CC(=O)Nc1ccccc1OC. The first-order valence-electron chi connectivity index (χ1n) is 8.59. The minimum absolute atomic E-state index is 0.00867. The zero-order chi connectivity index (χ0) is 17.9. The monoisotopic (exact) mass is 336 g/mol. The lowest BCUT2D eigenvalue weighted by Gasteiger charge is -2.20. The summed E-state index contributed by atoms with van der Waals surface area (Å²) in [6.07, 6.45) is 1.83. The highest BCUT2D eigenvalue weighted by Gasteiger charge is 2.18. The number of benzene rings is 1. The van der Waals surface area contributed by atoms with Crippen LogP contribution in [0.3, 0.4) is 0 Å². The third-order valence-electron chi connectivity index (χ3n) is 4.05. The summed E-state index contributed by atoms with van der Waals surface area (Å²) in [4.78, 5) is 25.3. The molecule has 24 heavy (non-hydrogen) atoms. The molecule has 1 aromatic rings. The van der Waals surface area contributed by atoms with Crippen molar-refractivity contribution in [2.45, 2.75) is 39.7 Å². The van der Waals surface area contributed by atoms with Gasteiger partial charge in [0.2, 0.25) is 0 Å². The number of anilines is 1. The van der Waals surface area contributed by atoms with Crippen molar-refractivity contribution in [3.8, 4) is 5.75 Å². The zero-order valence-electron chi connectivity index (χ0n) is 15.1. The lowest BCUT2D eigenvalue weighted by Crippen LogP contribution is -3.14. The third-order valence-corrected chi connectivity index (χ3v) is 4.05. The van der Waals surface area contributed by atoms with E-state index in [0.29, 0.717) is 24.5 Å². The van der Waals surface area contributed by atoms with Crippen molar-refractivity contribution in [1.82, 2.24) is 5.32 Å². The van der Waals surface area contributed by atoms with Crippen LogP contribution in [0.5, 0.6) is 5.75 Å². The molecule has 0 saturated heterocycles. The zero-order valence-corrected chi connectivity index (χ0v) is 15.1. The molecule has 0 aliphatic heterocycles. The Kier molecular flexibility index (Phi) is 8.86. The number of ether oxygens (including phenoxy) is 1. The number of quaternary nitrogens is 1. The first-order valence-corrected chi connectivity index (χ1v) is 8.59. The number of likely N-dealkylation sites (N-methyl/N-ethyl adjacent to an activating group) is 1. The van der Waals surface area contributed by atoms with Crippen molar-refractivity contribution in [2.24, 2.45) is 0 Å². The molecule has 0 spiro atoms.